The molecular formula is C16H16ClNO2S. The average molecular weight is 322 g/mol. The first kappa shape index (κ1) is 14.7. The Balaban J connectivity index is 2.10. The first-order valence-corrected chi connectivity index (χ1v) is 8.25. The lowest BCUT2D eigenvalue weighted by molar-refractivity contribution is 0.563. The molecule has 5 heteroatoms. The highest BCUT2D eigenvalue weighted by molar-refractivity contribution is 7.79. The van der Waals surface area contributed by atoms with Gasteiger partial charge in [-0.3, -0.25) is 0 Å². The van der Waals surface area contributed by atoms with Crippen molar-refractivity contribution in [1.29, 1.82) is 0 Å². The van der Waals surface area contributed by atoms with E-state index in [-0.39, 0.29) is 5.92 Å². The molecule has 0 aliphatic carbocycles. The van der Waals surface area contributed by atoms with Crippen molar-refractivity contribution in [2.24, 2.45) is 0 Å². The summed E-state index contributed by atoms with van der Waals surface area (Å²) >= 11 is 4.25. The molecule has 2 atom stereocenters. The summed E-state index contributed by atoms with van der Waals surface area (Å²) in [5.74, 6) is 0.148. The lowest BCUT2D eigenvalue weighted by atomic mass is 9.84. The van der Waals surface area contributed by atoms with E-state index in [1.54, 1.807) is 12.1 Å². The molecule has 110 valence electrons. The van der Waals surface area contributed by atoms with Gasteiger partial charge in [-0.05, 0) is 53.4 Å². The van der Waals surface area contributed by atoms with Crippen LogP contribution in [0, 0.1) is 6.92 Å². The number of hydrogen-bond donors (Lipinski definition) is 2. The van der Waals surface area contributed by atoms with Crippen molar-refractivity contribution < 1.29 is 8.76 Å². The lowest BCUT2D eigenvalue weighted by Gasteiger charge is -2.28. The first-order valence-electron chi connectivity index (χ1n) is 6.76. The minimum atomic E-state index is -1.96. The van der Waals surface area contributed by atoms with E-state index in [1.807, 2.05) is 24.3 Å². The molecule has 2 aromatic rings. The number of hydrogen-bond acceptors (Lipinski definition) is 2. The molecule has 0 spiro atoms. The van der Waals surface area contributed by atoms with Gasteiger partial charge in [-0.15, -0.1) is 0 Å². The summed E-state index contributed by atoms with van der Waals surface area (Å²) in [7, 11) is 0. The maximum Gasteiger partial charge on any atom is 0.186 e. The van der Waals surface area contributed by atoms with Gasteiger partial charge in [0.2, 0.25) is 0 Å². The van der Waals surface area contributed by atoms with Crippen molar-refractivity contribution in [3.05, 3.63) is 63.7 Å². The number of nitrogens with one attached hydrogen (secondary N) is 1. The van der Waals surface area contributed by atoms with Gasteiger partial charge < -0.3 is 9.87 Å². The van der Waals surface area contributed by atoms with Gasteiger partial charge in [0.15, 0.2) is 11.1 Å². The minimum Gasteiger partial charge on any atom is -0.312 e. The van der Waals surface area contributed by atoms with E-state index >= 15 is 0 Å². The fourth-order valence-corrected chi connectivity index (χ4v) is 3.65. The number of aryl methyl sites for hydroxylation is 1. The molecule has 0 amide bonds. The van der Waals surface area contributed by atoms with Gasteiger partial charge in [0.05, 0.1) is 4.90 Å². The zero-order valence-corrected chi connectivity index (χ0v) is 13.2. The molecule has 3 rings (SSSR count). The number of halogens is 1. The van der Waals surface area contributed by atoms with Crippen LogP contribution < -0.4 is 5.32 Å². The van der Waals surface area contributed by atoms with Crippen molar-refractivity contribution in [1.82, 2.24) is 5.32 Å². The highest BCUT2D eigenvalue weighted by atomic mass is 35.5. The quantitative estimate of drug-likeness (QED) is 0.833. The fourth-order valence-electron chi connectivity index (χ4n) is 2.94. The average Bonchev–Trinajstić information content (AvgIpc) is 2.46. The zero-order chi connectivity index (χ0) is 15.0. The molecule has 0 saturated heterocycles. The molecule has 0 bridgehead atoms. The Morgan fingerprint density at radius 2 is 2.14 bits per heavy atom. The monoisotopic (exact) mass is 321 g/mol. The number of benzene rings is 2. The summed E-state index contributed by atoms with van der Waals surface area (Å²) in [6, 6.07) is 11.3. The first-order chi connectivity index (χ1) is 10.1. The summed E-state index contributed by atoms with van der Waals surface area (Å²) in [6.45, 7) is 3.70. The number of fused-ring (bicyclic) bond motifs is 1. The van der Waals surface area contributed by atoms with Crippen LogP contribution in [0.15, 0.2) is 41.3 Å². The second-order valence-electron chi connectivity index (χ2n) is 5.30. The molecule has 3 nitrogen and oxygen atoms in total. The van der Waals surface area contributed by atoms with Gasteiger partial charge in [-0.25, -0.2) is 4.21 Å². The van der Waals surface area contributed by atoms with Gasteiger partial charge in [0.1, 0.15) is 0 Å². The molecule has 0 fully saturated rings. The van der Waals surface area contributed by atoms with Crippen molar-refractivity contribution in [3.63, 3.8) is 0 Å². The SMILES string of the molecule is Cc1cc(Cl)cc2c1CNC[C@H]2c1cccc(S(=O)O)c1. The summed E-state index contributed by atoms with van der Waals surface area (Å²) in [6.07, 6.45) is 0. The molecule has 1 unspecified atom stereocenters. The Morgan fingerprint density at radius 3 is 2.90 bits per heavy atom. The Hall–Kier alpha value is -1.20. The molecule has 21 heavy (non-hydrogen) atoms. The molecule has 0 saturated carbocycles. The van der Waals surface area contributed by atoms with E-state index in [4.69, 9.17) is 11.6 Å². The van der Waals surface area contributed by atoms with Crippen molar-refractivity contribution in [2.45, 2.75) is 24.3 Å². The standard InChI is InChI=1S/C16H16ClNO2S/c1-10-5-12(17)7-14-15(10)8-18-9-16(14)11-3-2-4-13(6-11)21(19)20/h2-7,16,18H,8-9H2,1H3,(H,19,20)/t16-/m0/s1. The zero-order valence-electron chi connectivity index (χ0n) is 11.6. The number of rotatable bonds is 2. The molecule has 2 N–H and O–H groups in total. The topological polar surface area (TPSA) is 49.3 Å². The normalized spacial score (nSPS) is 19.1. The Kier molecular flexibility index (Phi) is 4.13. The van der Waals surface area contributed by atoms with Crippen LogP contribution in [-0.2, 0) is 17.6 Å². The minimum absolute atomic E-state index is 0.148. The molecule has 2 aromatic carbocycles. The van der Waals surface area contributed by atoms with Gasteiger partial charge in [0, 0.05) is 24.0 Å². The lowest BCUT2D eigenvalue weighted by Crippen LogP contribution is -2.29. The van der Waals surface area contributed by atoms with E-state index < -0.39 is 11.1 Å². The largest absolute Gasteiger partial charge is 0.312 e. The van der Waals surface area contributed by atoms with E-state index in [2.05, 4.69) is 12.2 Å². The van der Waals surface area contributed by atoms with E-state index in [0.717, 1.165) is 23.7 Å². The predicted octanol–water partition coefficient (Wildman–Crippen LogP) is 3.46. The Labute approximate surface area is 131 Å². The molecule has 1 heterocycles. The van der Waals surface area contributed by atoms with Crippen LogP contribution >= 0.6 is 11.6 Å². The van der Waals surface area contributed by atoms with Crippen molar-refractivity contribution in [2.75, 3.05) is 6.54 Å². The molecule has 1 aliphatic rings. The van der Waals surface area contributed by atoms with Crippen LogP contribution in [0.5, 0.6) is 0 Å². The van der Waals surface area contributed by atoms with Crippen molar-refractivity contribution in [3.8, 4) is 0 Å². The third-order valence-electron chi connectivity index (χ3n) is 3.96. The molecule has 0 aromatic heterocycles. The van der Waals surface area contributed by atoms with Crippen molar-refractivity contribution >= 4 is 22.7 Å². The third kappa shape index (κ3) is 2.90. The summed E-state index contributed by atoms with van der Waals surface area (Å²) in [4.78, 5) is 0.429. The smallest absolute Gasteiger partial charge is 0.186 e. The van der Waals surface area contributed by atoms with Crippen LogP contribution in [0.4, 0.5) is 0 Å². The second kappa shape index (κ2) is 5.89. The van der Waals surface area contributed by atoms with E-state index in [1.165, 1.54) is 16.7 Å². The summed E-state index contributed by atoms with van der Waals surface area (Å²) in [5.41, 5.74) is 4.69. The van der Waals surface area contributed by atoms with E-state index in [0.29, 0.717) is 4.90 Å². The molecular weight excluding hydrogens is 306 g/mol. The maximum absolute atomic E-state index is 11.3. The second-order valence-corrected chi connectivity index (χ2v) is 6.70. The maximum atomic E-state index is 11.3. The van der Waals surface area contributed by atoms with Gasteiger partial charge in [-0.1, -0.05) is 23.7 Å². The highest BCUT2D eigenvalue weighted by Gasteiger charge is 2.23. The molecule has 1 aliphatic heterocycles. The van der Waals surface area contributed by atoms with Crippen LogP contribution in [0.2, 0.25) is 5.02 Å². The van der Waals surface area contributed by atoms with E-state index in [9.17, 15) is 8.76 Å². The fraction of sp³-hybridized carbons (Fsp3) is 0.250. The third-order valence-corrected chi connectivity index (χ3v) is 4.84. The van der Waals surface area contributed by atoms with Gasteiger partial charge in [-0.2, -0.15) is 0 Å². The highest BCUT2D eigenvalue weighted by Crippen LogP contribution is 2.34. The predicted molar refractivity (Wildman–Crippen MR) is 85.2 cm³/mol. The van der Waals surface area contributed by atoms with Gasteiger partial charge in [0.25, 0.3) is 0 Å². The van der Waals surface area contributed by atoms with Crippen LogP contribution in [0.1, 0.15) is 28.2 Å². The van der Waals surface area contributed by atoms with Crippen LogP contribution in [0.3, 0.4) is 0 Å². The Bertz CT molecular complexity index is 717. The summed E-state index contributed by atoms with van der Waals surface area (Å²) in [5, 5.41) is 4.15. The van der Waals surface area contributed by atoms with Gasteiger partial charge >= 0.3 is 0 Å². The van der Waals surface area contributed by atoms with Crippen LogP contribution in [-0.4, -0.2) is 15.3 Å². The molecule has 0 radical (unpaired) electrons. The van der Waals surface area contributed by atoms with Crippen LogP contribution in [0.25, 0.3) is 0 Å². The Morgan fingerprint density at radius 1 is 1.33 bits per heavy atom. The summed E-state index contributed by atoms with van der Waals surface area (Å²) < 4.78 is 20.5.